The SMILES string of the molecule is O=c1[nH]c(-c2cccc([N+](=O)[O-])c2)nc2c1CNC2. The molecule has 2 N–H and O–H groups in total. The van der Waals surface area contributed by atoms with Crippen LogP contribution in [0.3, 0.4) is 0 Å². The monoisotopic (exact) mass is 258 g/mol. The second kappa shape index (κ2) is 4.29. The third kappa shape index (κ3) is 2.00. The van der Waals surface area contributed by atoms with E-state index >= 15 is 0 Å². The van der Waals surface area contributed by atoms with Crippen molar-refractivity contribution in [3.63, 3.8) is 0 Å². The molecule has 96 valence electrons. The molecule has 2 heterocycles. The van der Waals surface area contributed by atoms with Crippen molar-refractivity contribution in [2.45, 2.75) is 13.1 Å². The van der Waals surface area contributed by atoms with Gasteiger partial charge in [0.15, 0.2) is 0 Å². The van der Waals surface area contributed by atoms with Gasteiger partial charge in [-0.3, -0.25) is 14.9 Å². The van der Waals surface area contributed by atoms with Crippen LogP contribution < -0.4 is 10.9 Å². The van der Waals surface area contributed by atoms with Crippen molar-refractivity contribution < 1.29 is 4.92 Å². The molecule has 0 saturated carbocycles. The minimum Gasteiger partial charge on any atom is -0.307 e. The van der Waals surface area contributed by atoms with E-state index in [0.717, 1.165) is 0 Å². The van der Waals surface area contributed by atoms with Gasteiger partial charge in [-0.05, 0) is 0 Å². The molecule has 1 aliphatic rings. The van der Waals surface area contributed by atoms with Gasteiger partial charge in [0, 0.05) is 30.8 Å². The zero-order chi connectivity index (χ0) is 13.4. The lowest BCUT2D eigenvalue weighted by atomic mass is 10.1. The second-order valence-corrected chi connectivity index (χ2v) is 4.25. The number of rotatable bonds is 2. The van der Waals surface area contributed by atoms with Crippen molar-refractivity contribution >= 4 is 5.69 Å². The lowest BCUT2D eigenvalue weighted by molar-refractivity contribution is -0.384. The molecule has 0 fully saturated rings. The van der Waals surface area contributed by atoms with Gasteiger partial charge in [0.1, 0.15) is 5.82 Å². The van der Waals surface area contributed by atoms with Crippen molar-refractivity contribution in [2.75, 3.05) is 0 Å². The number of aromatic amines is 1. The predicted octanol–water partition coefficient (Wildman–Crippen LogP) is 0.948. The zero-order valence-electron chi connectivity index (χ0n) is 9.84. The van der Waals surface area contributed by atoms with E-state index in [0.29, 0.717) is 35.7 Å². The Morgan fingerprint density at radius 1 is 1.32 bits per heavy atom. The highest BCUT2D eigenvalue weighted by Gasteiger charge is 2.17. The van der Waals surface area contributed by atoms with Crippen molar-refractivity contribution in [3.8, 4) is 11.4 Å². The van der Waals surface area contributed by atoms with Gasteiger partial charge in [-0.2, -0.15) is 0 Å². The van der Waals surface area contributed by atoms with Gasteiger partial charge in [0.2, 0.25) is 0 Å². The molecule has 2 aromatic rings. The Kier molecular flexibility index (Phi) is 2.60. The summed E-state index contributed by atoms with van der Waals surface area (Å²) >= 11 is 0. The first-order valence-electron chi connectivity index (χ1n) is 5.73. The molecule has 0 amide bonds. The Morgan fingerprint density at radius 2 is 2.16 bits per heavy atom. The number of nitro groups is 1. The second-order valence-electron chi connectivity index (χ2n) is 4.25. The Morgan fingerprint density at radius 3 is 2.95 bits per heavy atom. The van der Waals surface area contributed by atoms with Crippen molar-refractivity contribution in [3.05, 3.63) is 56.0 Å². The van der Waals surface area contributed by atoms with Gasteiger partial charge < -0.3 is 10.3 Å². The molecule has 7 nitrogen and oxygen atoms in total. The Bertz CT molecular complexity index is 723. The van der Waals surface area contributed by atoms with E-state index in [1.165, 1.54) is 12.1 Å². The van der Waals surface area contributed by atoms with Crippen LogP contribution in [0.25, 0.3) is 11.4 Å². The summed E-state index contributed by atoms with van der Waals surface area (Å²) in [6.45, 7) is 1.05. The molecule has 1 aliphatic heterocycles. The predicted molar refractivity (Wildman–Crippen MR) is 67.5 cm³/mol. The number of benzene rings is 1. The van der Waals surface area contributed by atoms with Crippen LogP contribution in [0.4, 0.5) is 5.69 Å². The Hall–Kier alpha value is -2.54. The number of nitro benzene ring substituents is 1. The lowest BCUT2D eigenvalue weighted by Gasteiger charge is -2.03. The molecule has 1 aromatic heterocycles. The van der Waals surface area contributed by atoms with Crippen LogP contribution in [-0.4, -0.2) is 14.9 Å². The minimum atomic E-state index is -0.476. The third-order valence-corrected chi connectivity index (χ3v) is 3.03. The molecule has 7 heteroatoms. The van der Waals surface area contributed by atoms with Crippen LogP contribution >= 0.6 is 0 Å². The van der Waals surface area contributed by atoms with Crippen molar-refractivity contribution in [2.24, 2.45) is 0 Å². The fraction of sp³-hybridized carbons (Fsp3) is 0.167. The van der Waals surface area contributed by atoms with E-state index in [9.17, 15) is 14.9 Å². The lowest BCUT2D eigenvalue weighted by Crippen LogP contribution is -2.15. The van der Waals surface area contributed by atoms with Gasteiger partial charge in [-0.15, -0.1) is 0 Å². The minimum absolute atomic E-state index is 0.0289. The number of nitrogens with one attached hydrogen (secondary N) is 2. The van der Waals surface area contributed by atoms with E-state index < -0.39 is 4.92 Å². The number of fused-ring (bicyclic) bond motifs is 1. The number of non-ortho nitro benzene ring substituents is 1. The number of H-pyrrole nitrogens is 1. The van der Waals surface area contributed by atoms with Gasteiger partial charge in [0.25, 0.3) is 11.2 Å². The van der Waals surface area contributed by atoms with Crippen LogP contribution in [0.1, 0.15) is 11.3 Å². The number of hydrogen-bond acceptors (Lipinski definition) is 5. The largest absolute Gasteiger partial charge is 0.307 e. The maximum atomic E-state index is 11.9. The molecule has 0 atom stereocenters. The van der Waals surface area contributed by atoms with E-state index in [-0.39, 0.29) is 11.2 Å². The van der Waals surface area contributed by atoms with E-state index in [2.05, 4.69) is 15.3 Å². The maximum absolute atomic E-state index is 11.9. The first-order chi connectivity index (χ1) is 9.15. The molecule has 0 saturated heterocycles. The smallest absolute Gasteiger partial charge is 0.270 e. The highest BCUT2D eigenvalue weighted by atomic mass is 16.6. The summed E-state index contributed by atoms with van der Waals surface area (Å²) in [6, 6.07) is 6.04. The van der Waals surface area contributed by atoms with Gasteiger partial charge in [-0.25, -0.2) is 4.98 Å². The fourth-order valence-corrected chi connectivity index (χ4v) is 2.08. The molecule has 19 heavy (non-hydrogen) atoms. The van der Waals surface area contributed by atoms with Gasteiger partial charge in [0.05, 0.1) is 16.2 Å². The van der Waals surface area contributed by atoms with E-state index in [4.69, 9.17) is 0 Å². The first-order valence-corrected chi connectivity index (χ1v) is 5.73. The summed E-state index contributed by atoms with van der Waals surface area (Å²) in [4.78, 5) is 29.1. The molecular formula is C12H10N4O3. The van der Waals surface area contributed by atoms with Crippen molar-refractivity contribution in [1.29, 1.82) is 0 Å². The van der Waals surface area contributed by atoms with Crippen molar-refractivity contribution in [1.82, 2.24) is 15.3 Å². The Labute approximate surface area is 107 Å². The molecule has 1 aromatic carbocycles. The fourth-order valence-electron chi connectivity index (χ4n) is 2.08. The van der Waals surface area contributed by atoms with E-state index in [1.54, 1.807) is 12.1 Å². The van der Waals surface area contributed by atoms with Crippen LogP contribution in [0, 0.1) is 10.1 Å². The molecule has 0 aliphatic carbocycles. The highest BCUT2D eigenvalue weighted by molar-refractivity contribution is 5.59. The molecule has 0 spiro atoms. The van der Waals surface area contributed by atoms with Crippen LogP contribution in [-0.2, 0) is 13.1 Å². The number of aromatic nitrogens is 2. The highest BCUT2D eigenvalue weighted by Crippen LogP contribution is 2.21. The molecule has 0 bridgehead atoms. The Balaban J connectivity index is 2.12. The number of nitrogens with zero attached hydrogens (tertiary/aromatic N) is 2. The van der Waals surface area contributed by atoms with Gasteiger partial charge >= 0.3 is 0 Å². The van der Waals surface area contributed by atoms with Crippen LogP contribution in [0.5, 0.6) is 0 Å². The molecule has 0 radical (unpaired) electrons. The summed E-state index contributed by atoms with van der Waals surface area (Å²) in [5.74, 6) is 0.358. The third-order valence-electron chi connectivity index (χ3n) is 3.03. The summed E-state index contributed by atoms with van der Waals surface area (Å²) in [6.07, 6.45) is 0. The van der Waals surface area contributed by atoms with Crippen LogP contribution in [0.15, 0.2) is 29.1 Å². The van der Waals surface area contributed by atoms with Gasteiger partial charge in [-0.1, -0.05) is 12.1 Å². The topological polar surface area (TPSA) is 101 Å². The zero-order valence-corrected chi connectivity index (χ0v) is 9.84. The van der Waals surface area contributed by atoms with Crippen LogP contribution in [0.2, 0.25) is 0 Å². The summed E-state index contributed by atoms with van der Waals surface area (Å²) in [5, 5.41) is 13.8. The maximum Gasteiger partial charge on any atom is 0.270 e. The average Bonchev–Trinajstić information content (AvgIpc) is 2.87. The molecular weight excluding hydrogens is 248 g/mol. The first kappa shape index (κ1) is 11.5. The summed E-state index contributed by atoms with van der Waals surface area (Å²) in [7, 11) is 0. The molecule has 0 unspecified atom stereocenters. The number of hydrogen-bond donors (Lipinski definition) is 2. The average molecular weight is 258 g/mol. The summed E-state index contributed by atoms with van der Waals surface area (Å²) in [5.41, 5.74) is 1.63. The normalized spacial score (nSPS) is 13.3. The van der Waals surface area contributed by atoms with E-state index in [1.807, 2.05) is 0 Å². The molecule has 3 rings (SSSR count). The quantitative estimate of drug-likeness (QED) is 0.617. The summed E-state index contributed by atoms with van der Waals surface area (Å²) < 4.78 is 0. The standard InChI is InChI=1S/C12H10N4O3/c17-12-9-5-13-6-10(9)14-11(15-12)7-2-1-3-8(4-7)16(18)19/h1-4,13H,5-6H2,(H,14,15,17).